The van der Waals surface area contributed by atoms with Crippen LogP contribution in [0.15, 0.2) is 36.5 Å². The van der Waals surface area contributed by atoms with Crippen molar-refractivity contribution in [3.05, 3.63) is 47.1 Å². The first-order valence-corrected chi connectivity index (χ1v) is 5.59. The molecule has 0 saturated heterocycles. The third-order valence-electron chi connectivity index (χ3n) is 2.49. The second kappa shape index (κ2) is 5.06. The van der Waals surface area contributed by atoms with E-state index in [4.69, 9.17) is 22.1 Å². The molecular formula is C13H11ClN2O2. The predicted octanol–water partition coefficient (Wildman–Crippen LogP) is 2.77. The van der Waals surface area contributed by atoms with E-state index in [1.807, 2.05) is 12.1 Å². The van der Waals surface area contributed by atoms with Gasteiger partial charge in [0.2, 0.25) is 0 Å². The van der Waals surface area contributed by atoms with Crippen molar-refractivity contribution in [2.45, 2.75) is 0 Å². The smallest absolute Gasteiger partial charge is 0.338 e. The molecule has 0 aliphatic rings. The molecule has 18 heavy (non-hydrogen) atoms. The Morgan fingerprint density at radius 3 is 2.61 bits per heavy atom. The number of ether oxygens (including phenoxy) is 1. The lowest BCUT2D eigenvalue weighted by Gasteiger charge is -2.08. The van der Waals surface area contributed by atoms with E-state index in [1.54, 1.807) is 18.3 Å². The van der Waals surface area contributed by atoms with Crippen LogP contribution in [0.3, 0.4) is 0 Å². The fourth-order valence-electron chi connectivity index (χ4n) is 1.61. The molecule has 0 amide bonds. The number of halogens is 1. The van der Waals surface area contributed by atoms with Crippen LogP contribution in [0.25, 0.3) is 11.1 Å². The number of esters is 1. The van der Waals surface area contributed by atoms with Crippen LogP contribution in [-0.2, 0) is 4.74 Å². The molecule has 0 unspecified atom stereocenters. The Morgan fingerprint density at radius 2 is 2.00 bits per heavy atom. The molecule has 2 N–H and O–H groups in total. The van der Waals surface area contributed by atoms with Crippen LogP contribution in [0.1, 0.15) is 10.4 Å². The van der Waals surface area contributed by atoms with Crippen LogP contribution < -0.4 is 5.73 Å². The molecule has 0 atom stereocenters. The second-order valence-corrected chi connectivity index (χ2v) is 4.09. The minimum absolute atomic E-state index is 0.271. The lowest BCUT2D eigenvalue weighted by molar-refractivity contribution is 0.0601. The molecule has 0 saturated carbocycles. The summed E-state index contributed by atoms with van der Waals surface area (Å²) in [5.41, 5.74) is 7.45. The number of nitrogens with zero attached hydrogens (tertiary/aromatic N) is 1. The second-order valence-electron chi connectivity index (χ2n) is 3.65. The van der Waals surface area contributed by atoms with Gasteiger partial charge in [0, 0.05) is 16.8 Å². The maximum Gasteiger partial charge on any atom is 0.338 e. The molecule has 0 fully saturated rings. The number of anilines is 1. The lowest BCUT2D eigenvalue weighted by atomic mass is 10.0. The van der Waals surface area contributed by atoms with Crippen molar-refractivity contribution < 1.29 is 9.53 Å². The largest absolute Gasteiger partial charge is 0.465 e. The van der Waals surface area contributed by atoms with Gasteiger partial charge in [0.05, 0.1) is 12.7 Å². The highest BCUT2D eigenvalue weighted by atomic mass is 35.5. The van der Waals surface area contributed by atoms with E-state index in [2.05, 4.69) is 4.98 Å². The Balaban J connectivity index is 2.56. The maximum atomic E-state index is 11.7. The number of nitrogens with two attached hydrogens (primary N) is 1. The Hall–Kier alpha value is -2.07. The number of aromatic nitrogens is 1. The molecule has 0 aliphatic carbocycles. The number of rotatable bonds is 2. The normalized spacial score (nSPS) is 10.1. The molecule has 0 bridgehead atoms. The van der Waals surface area contributed by atoms with Crippen molar-refractivity contribution in [2.75, 3.05) is 12.8 Å². The summed E-state index contributed by atoms with van der Waals surface area (Å²) in [4.78, 5) is 15.7. The van der Waals surface area contributed by atoms with Gasteiger partial charge in [0.25, 0.3) is 0 Å². The number of hydrogen-bond donors (Lipinski definition) is 1. The van der Waals surface area contributed by atoms with Crippen molar-refractivity contribution in [1.29, 1.82) is 0 Å². The molecule has 2 rings (SSSR count). The van der Waals surface area contributed by atoms with E-state index in [-0.39, 0.29) is 5.82 Å². The number of pyridine rings is 1. The quantitative estimate of drug-likeness (QED) is 0.845. The first-order chi connectivity index (χ1) is 8.61. The monoisotopic (exact) mass is 262 g/mol. The zero-order valence-corrected chi connectivity index (χ0v) is 10.4. The highest BCUT2D eigenvalue weighted by molar-refractivity contribution is 6.30. The summed E-state index contributed by atoms with van der Waals surface area (Å²) in [5.74, 6) is -0.179. The summed E-state index contributed by atoms with van der Waals surface area (Å²) in [5, 5.41) is 0.627. The van der Waals surface area contributed by atoms with Crippen molar-refractivity contribution in [3.8, 4) is 11.1 Å². The molecule has 2 aromatic rings. The summed E-state index contributed by atoms with van der Waals surface area (Å²) >= 11 is 5.83. The van der Waals surface area contributed by atoms with Crippen molar-refractivity contribution in [1.82, 2.24) is 4.98 Å². The fourth-order valence-corrected chi connectivity index (χ4v) is 1.74. The van der Waals surface area contributed by atoms with Gasteiger partial charge < -0.3 is 10.5 Å². The lowest BCUT2D eigenvalue weighted by Crippen LogP contribution is -2.05. The van der Waals surface area contributed by atoms with Crippen molar-refractivity contribution >= 4 is 23.4 Å². The van der Waals surface area contributed by atoms with Gasteiger partial charge in [-0.15, -0.1) is 0 Å². The fraction of sp³-hybridized carbons (Fsp3) is 0.0769. The zero-order chi connectivity index (χ0) is 13.1. The van der Waals surface area contributed by atoms with Crippen LogP contribution in [0.2, 0.25) is 5.02 Å². The van der Waals surface area contributed by atoms with Gasteiger partial charge >= 0.3 is 5.97 Å². The number of benzene rings is 1. The number of hydrogen-bond acceptors (Lipinski definition) is 4. The molecule has 0 aliphatic heterocycles. The van der Waals surface area contributed by atoms with Crippen molar-refractivity contribution in [2.24, 2.45) is 0 Å². The molecule has 0 spiro atoms. The van der Waals surface area contributed by atoms with E-state index in [9.17, 15) is 4.79 Å². The summed E-state index contributed by atoms with van der Waals surface area (Å²) < 4.78 is 4.73. The zero-order valence-electron chi connectivity index (χ0n) is 9.68. The van der Waals surface area contributed by atoms with Crippen molar-refractivity contribution in [3.63, 3.8) is 0 Å². The van der Waals surface area contributed by atoms with Gasteiger partial charge in [-0.3, -0.25) is 0 Å². The van der Waals surface area contributed by atoms with Gasteiger partial charge in [-0.1, -0.05) is 23.7 Å². The molecule has 5 heteroatoms. The summed E-state index contributed by atoms with van der Waals surface area (Å²) in [6.45, 7) is 0. The third-order valence-corrected chi connectivity index (χ3v) is 2.74. The number of carbonyl (C=O) groups excluding carboxylic acids is 1. The Morgan fingerprint density at radius 1 is 1.33 bits per heavy atom. The van der Waals surface area contributed by atoms with Crippen LogP contribution in [-0.4, -0.2) is 18.1 Å². The standard InChI is InChI=1S/C13H11ClN2O2/c1-18-13(17)10-6-12(15)16-7-11(10)8-2-4-9(14)5-3-8/h2-7H,1H3,(H2,15,16). The minimum atomic E-state index is -0.450. The molecule has 0 radical (unpaired) electrons. The van der Waals surface area contributed by atoms with Gasteiger partial charge in [-0.2, -0.15) is 0 Å². The highest BCUT2D eigenvalue weighted by Crippen LogP contribution is 2.26. The maximum absolute atomic E-state index is 11.7. The van der Waals surface area contributed by atoms with Gasteiger partial charge in [0.1, 0.15) is 5.82 Å². The van der Waals surface area contributed by atoms with E-state index in [0.717, 1.165) is 5.56 Å². The number of methoxy groups -OCH3 is 1. The van der Waals surface area contributed by atoms with E-state index < -0.39 is 5.97 Å². The van der Waals surface area contributed by atoms with Gasteiger partial charge in [0.15, 0.2) is 0 Å². The first kappa shape index (κ1) is 12.4. The molecule has 1 aromatic heterocycles. The molecular weight excluding hydrogens is 252 g/mol. The topological polar surface area (TPSA) is 65.2 Å². The predicted molar refractivity (Wildman–Crippen MR) is 70.4 cm³/mol. The number of carbonyl (C=O) groups is 1. The van der Waals surface area contributed by atoms with Crippen LogP contribution >= 0.6 is 11.6 Å². The van der Waals surface area contributed by atoms with Crippen LogP contribution in [0.4, 0.5) is 5.82 Å². The van der Waals surface area contributed by atoms with Crippen LogP contribution in [0.5, 0.6) is 0 Å². The van der Waals surface area contributed by atoms with Gasteiger partial charge in [-0.25, -0.2) is 9.78 Å². The summed E-state index contributed by atoms with van der Waals surface area (Å²) in [6.07, 6.45) is 1.55. The average molecular weight is 263 g/mol. The Kier molecular flexibility index (Phi) is 3.48. The first-order valence-electron chi connectivity index (χ1n) is 5.21. The molecule has 4 nitrogen and oxygen atoms in total. The van der Waals surface area contributed by atoms with E-state index >= 15 is 0 Å². The molecule has 1 heterocycles. The summed E-state index contributed by atoms with van der Waals surface area (Å²) in [7, 11) is 1.32. The number of nitrogen functional groups attached to an aromatic ring is 1. The minimum Gasteiger partial charge on any atom is -0.465 e. The molecule has 92 valence electrons. The summed E-state index contributed by atoms with van der Waals surface area (Å²) in [6, 6.07) is 8.60. The Labute approximate surface area is 109 Å². The van der Waals surface area contributed by atoms with Crippen LogP contribution in [0, 0.1) is 0 Å². The van der Waals surface area contributed by atoms with Gasteiger partial charge in [-0.05, 0) is 23.8 Å². The third kappa shape index (κ3) is 2.43. The van der Waals surface area contributed by atoms with E-state index in [1.165, 1.54) is 13.2 Å². The highest BCUT2D eigenvalue weighted by Gasteiger charge is 2.14. The van der Waals surface area contributed by atoms with E-state index in [0.29, 0.717) is 16.1 Å². The molecule has 1 aromatic carbocycles. The SMILES string of the molecule is COC(=O)c1cc(N)ncc1-c1ccc(Cl)cc1. The Bertz CT molecular complexity index is 582. The average Bonchev–Trinajstić information content (AvgIpc) is 2.39.